The van der Waals surface area contributed by atoms with Gasteiger partial charge in [-0.25, -0.2) is 0 Å². The monoisotopic (exact) mass is 295 g/mol. The Kier molecular flexibility index (Phi) is 5.88. The van der Waals surface area contributed by atoms with Gasteiger partial charge in [0.05, 0.1) is 12.2 Å². The van der Waals surface area contributed by atoms with Crippen molar-refractivity contribution in [2.75, 3.05) is 13.1 Å². The number of ether oxygens (including phenoxy) is 1. The largest absolute Gasteiger partial charge is 0.370 e. The van der Waals surface area contributed by atoms with Gasteiger partial charge >= 0.3 is 0 Å². The Morgan fingerprint density at radius 3 is 2.75 bits per heavy atom. The van der Waals surface area contributed by atoms with Crippen molar-refractivity contribution in [2.45, 2.75) is 51.7 Å². The van der Waals surface area contributed by atoms with E-state index in [-0.39, 0.29) is 5.60 Å². The summed E-state index contributed by atoms with van der Waals surface area (Å²) in [7, 11) is 0. The highest BCUT2D eigenvalue weighted by Gasteiger charge is 2.37. The number of halogens is 1. The third kappa shape index (κ3) is 4.76. The van der Waals surface area contributed by atoms with Crippen LogP contribution in [0.1, 0.15) is 45.1 Å². The van der Waals surface area contributed by atoms with E-state index in [0.717, 1.165) is 24.5 Å². The second-order valence-electron chi connectivity index (χ2n) is 6.30. The molecule has 0 spiro atoms. The lowest BCUT2D eigenvalue weighted by molar-refractivity contribution is -0.114. The minimum Gasteiger partial charge on any atom is -0.370 e. The van der Waals surface area contributed by atoms with Crippen LogP contribution in [0.4, 0.5) is 0 Å². The molecule has 0 aliphatic heterocycles. The van der Waals surface area contributed by atoms with E-state index in [1.807, 2.05) is 18.2 Å². The smallest absolute Gasteiger partial charge is 0.0724 e. The van der Waals surface area contributed by atoms with Gasteiger partial charge in [0.2, 0.25) is 0 Å². The van der Waals surface area contributed by atoms with Gasteiger partial charge in [-0.2, -0.15) is 0 Å². The summed E-state index contributed by atoms with van der Waals surface area (Å²) < 4.78 is 6.22. The first-order valence-electron chi connectivity index (χ1n) is 7.69. The summed E-state index contributed by atoms with van der Waals surface area (Å²) in [4.78, 5) is 0. The predicted octanol–water partition coefficient (Wildman–Crippen LogP) is 4.42. The highest BCUT2D eigenvalue weighted by molar-refractivity contribution is 6.30. The van der Waals surface area contributed by atoms with Crippen LogP contribution < -0.4 is 5.32 Å². The predicted molar refractivity (Wildman–Crippen MR) is 85.1 cm³/mol. The zero-order valence-electron chi connectivity index (χ0n) is 12.6. The van der Waals surface area contributed by atoms with Crippen molar-refractivity contribution < 1.29 is 4.74 Å². The molecule has 1 aliphatic carbocycles. The maximum Gasteiger partial charge on any atom is 0.0724 e. The number of nitrogens with one attached hydrogen (secondary N) is 1. The molecule has 20 heavy (non-hydrogen) atoms. The Bertz CT molecular complexity index is 415. The average molecular weight is 296 g/mol. The van der Waals surface area contributed by atoms with E-state index in [1.165, 1.54) is 24.8 Å². The van der Waals surface area contributed by atoms with Gasteiger partial charge in [0.1, 0.15) is 0 Å². The van der Waals surface area contributed by atoms with E-state index >= 15 is 0 Å². The molecular weight excluding hydrogens is 270 g/mol. The molecule has 1 aliphatic rings. The molecule has 0 unspecified atom stereocenters. The van der Waals surface area contributed by atoms with Crippen molar-refractivity contribution >= 4 is 11.6 Å². The topological polar surface area (TPSA) is 21.3 Å². The van der Waals surface area contributed by atoms with Gasteiger partial charge in [0.25, 0.3) is 0 Å². The van der Waals surface area contributed by atoms with Crippen molar-refractivity contribution in [3.05, 3.63) is 34.9 Å². The van der Waals surface area contributed by atoms with Crippen molar-refractivity contribution in [3.63, 3.8) is 0 Å². The minimum absolute atomic E-state index is 0.103. The first-order chi connectivity index (χ1) is 9.60. The first kappa shape index (κ1) is 15.8. The Morgan fingerprint density at radius 2 is 2.15 bits per heavy atom. The third-order valence-electron chi connectivity index (χ3n) is 4.01. The molecule has 0 aromatic heterocycles. The SMILES string of the molecule is CC(C)CNCCC1(OCc2cccc(Cl)c2)CCC1. The number of benzene rings is 1. The molecule has 0 radical (unpaired) electrons. The van der Waals surface area contributed by atoms with Crippen LogP contribution in [0.2, 0.25) is 5.02 Å². The summed E-state index contributed by atoms with van der Waals surface area (Å²) in [6.07, 6.45) is 4.79. The molecule has 1 fully saturated rings. The molecule has 0 bridgehead atoms. The molecule has 3 heteroatoms. The quantitative estimate of drug-likeness (QED) is 0.717. The second kappa shape index (κ2) is 7.44. The van der Waals surface area contributed by atoms with Crippen LogP contribution >= 0.6 is 11.6 Å². The number of hydrogen-bond donors (Lipinski definition) is 1. The fraction of sp³-hybridized carbons (Fsp3) is 0.647. The van der Waals surface area contributed by atoms with E-state index in [1.54, 1.807) is 0 Å². The number of hydrogen-bond acceptors (Lipinski definition) is 2. The third-order valence-corrected chi connectivity index (χ3v) is 4.24. The van der Waals surface area contributed by atoms with E-state index in [0.29, 0.717) is 12.5 Å². The van der Waals surface area contributed by atoms with Crippen molar-refractivity contribution in [3.8, 4) is 0 Å². The highest BCUT2D eigenvalue weighted by Crippen LogP contribution is 2.39. The Balaban J connectivity index is 1.76. The average Bonchev–Trinajstić information content (AvgIpc) is 2.36. The normalized spacial score (nSPS) is 17.2. The van der Waals surface area contributed by atoms with Gasteiger partial charge in [-0.15, -0.1) is 0 Å². The van der Waals surface area contributed by atoms with Crippen molar-refractivity contribution in [2.24, 2.45) is 5.92 Å². The minimum atomic E-state index is 0.103. The molecular formula is C17H26ClNO. The highest BCUT2D eigenvalue weighted by atomic mass is 35.5. The Labute approximate surface area is 127 Å². The van der Waals surface area contributed by atoms with Crippen LogP contribution in [0.25, 0.3) is 0 Å². The summed E-state index contributed by atoms with van der Waals surface area (Å²) in [5.74, 6) is 0.708. The van der Waals surface area contributed by atoms with Gasteiger partial charge in [0.15, 0.2) is 0 Å². The summed E-state index contributed by atoms with van der Waals surface area (Å²) in [5, 5.41) is 4.30. The van der Waals surface area contributed by atoms with Crippen LogP contribution in [0.3, 0.4) is 0 Å². The van der Waals surface area contributed by atoms with Crippen molar-refractivity contribution in [1.82, 2.24) is 5.32 Å². The van der Waals surface area contributed by atoms with Gasteiger partial charge in [0, 0.05) is 5.02 Å². The zero-order valence-corrected chi connectivity index (χ0v) is 13.4. The molecule has 112 valence electrons. The first-order valence-corrected chi connectivity index (χ1v) is 8.07. The molecule has 2 rings (SSSR count). The van der Waals surface area contributed by atoms with Crippen LogP contribution in [0.5, 0.6) is 0 Å². The van der Waals surface area contributed by atoms with Crippen molar-refractivity contribution in [1.29, 1.82) is 0 Å². The summed E-state index contributed by atoms with van der Waals surface area (Å²) >= 11 is 6.01. The fourth-order valence-electron chi connectivity index (χ4n) is 2.61. The molecule has 0 amide bonds. The molecule has 2 nitrogen and oxygen atoms in total. The van der Waals surface area contributed by atoms with E-state index < -0.39 is 0 Å². The van der Waals surface area contributed by atoms with E-state index in [9.17, 15) is 0 Å². The molecule has 0 heterocycles. The van der Waals surface area contributed by atoms with Gasteiger partial charge in [-0.3, -0.25) is 0 Å². The standard InChI is InChI=1S/C17H26ClNO/c1-14(2)12-19-10-9-17(7-4-8-17)20-13-15-5-3-6-16(18)11-15/h3,5-6,11,14,19H,4,7-10,12-13H2,1-2H3. The van der Waals surface area contributed by atoms with Gasteiger partial charge < -0.3 is 10.1 Å². The summed E-state index contributed by atoms with van der Waals surface area (Å²) in [6.45, 7) is 7.28. The molecule has 1 aromatic rings. The van der Waals surface area contributed by atoms with Crippen LogP contribution in [0.15, 0.2) is 24.3 Å². The van der Waals surface area contributed by atoms with Crippen LogP contribution in [0, 0.1) is 5.92 Å². The fourth-order valence-corrected chi connectivity index (χ4v) is 2.82. The van der Waals surface area contributed by atoms with E-state index in [4.69, 9.17) is 16.3 Å². The van der Waals surface area contributed by atoms with Crippen LogP contribution in [-0.4, -0.2) is 18.7 Å². The van der Waals surface area contributed by atoms with Gasteiger partial charge in [-0.05, 0) is 62.4 Å². The Hall–Kier alpha value is -0.570. The molecule has 1 aromatic carbocycles. The van der Waals surface area contributed by atoms with Crippen LogP contribution in [-0.2, 0) is 11.3 Å². The molecule has 0 saturated heterocycles. The second-order valence-corrected chi connectivity index (χ2v) is 6.74. The zero-order chi connectivity index (χ0) is 14.4. The summed E-state index contributed by atoms with van der Waals surface area (Å²) in [6, 6.07) is 7.96. The summed E-state index contributed by atoms with van der Waals surface area (Å²) in [5.41, 5.74) is 1.27. The van der Waals surface area contributed by atoms with E-state index in [2.05, 4.69) is 25.2 Å². The molecule has 1 N–H and O–H groups in total. The van der Waals surface area contributed by atoms with Gasteiger partial charge in [-0.1, -0.05) is 37.6 Å². The molecule has 1 saturated carbocycles. The Morgan fingerprint density at radius 1 is 1.35 bits per heavy atom. The lowest BCUT2D eigenvalue weighted by Gasteiger charge is -2.42. The molecule has 0 atom stereocenters. The maximum atomic E-state index is 6.22. The number of rotatable bonds is 8. The lowest BCUT2D eigenvalue weighted by atomic mass is 9.77. The lowest BCUT2D eigenvalue weighted by Crippen LogP contribution is -2.42. The maximum absolute atomic E-state index is 6.22.